The molecular weight excluding hydrogens is 210 g/mol. The second kappa shape index (κ2) is 6.17. The van der Waals surface area contributed by atoms with Gasteiger partial charge in [0.05, 0.1) is 0 Å². The zero-order chi connectivity index (χ0) is 12.3. The van der Waals surface area contributed by atoms with Crippen LogP contribution >= 0.6 is 0 Å². The average Bonchev–Trinajstić information content (AvgIpc) is 2.84. The van der Waals surface area contributed by atoms with Crippen molar-refractivity contribution in [3.63, 3.8) is 0 Å². The molecule has 1 heterocycles. The quantitative estimate of drug-likeness (QED) is 0.807. The van der Waals surface area contributed by atoms with Gasteiger partial charge in [0.15, 0.2) is 0 Å². The van der Waals surface area contributed by atoms with Gasteiger partial charge < -0.3 is 10.6 Å². The Kier molecular flexibility index (Phi) is 4.83. The fourth-order valence-electron chi connectivity index (χ4n) is 3.71. The van der Waals surface area contributed by atoms with Crippen molar-refractivity contribution in [2.75, 3.05) is 33.7 Å². The Morgan fingerprint density at radius 3 is 2.29 bits per heavy atom. The van der Waals surface area contributed by atoms with Gasteiger partial charge in [0.2, 0.25) is 0 Å². The highest BCUT2D eigenvalue weighted by atomic mass is 15.2. The summed E-state index contributed by atoms with van der Waals surface area (Å²) in [4.78, 5) is 5.06. The third-order valence-electron chi connectivity index (χ3n) is 4.97. The van der Waals surface area contributed by atoms with Gasteiger partial charge in [0, 0.05) is 18.6 Å². The molecule has 17 heavy (non-hydrogen) atoms. The topological polar surface area (TPSA) is 32.5 Å². The predicted octanol–water partition coefficient (Wildman–Crippen LogP) is 1.53. The smallest absolute Gasteiger partial charge is 0.0246 e. The maximum Gasteiger partial charge on any atom is 0.0246 e. The summed E-state index contributed by atoms with van der Waals surface area (Å²) in [5, 5.41) is 0. The number of likely N-dealkylation sites (tertiary alicyclic amines) is 1. The molecule has 1 saturated heterocycles. The van der Waals surface area contributed by atoms with Crippen molar-refractivity contribution in [2.45, 2.75) is 50.6 Å². The molecule has 0 aromatic heterocycles. The maximum atomic E-state index is 6.04. The molecule has 2 fully saturated rings. The van der Waals surface area contributed by atoms with E-state index in [0.717, 1.165) is 18.5 Å². The fourth-order valence-corrected chi connectivity index (χ4v) is 3.71. The van der Waals surface area contributed by atoms with Crippen LogP contribution in [0, 0.1) is 5.92 Å². The van der Waals surface area contributed by atoms with Gasteiger partial charge in [-0.05, 0) is 58.8 Å². The van der Waals surface area contributed by atoms with Crippen LogP contribution in [0.2, 0.25) is 0 Å². The minimum Gasteiger partial charge on any atom is -0.329 e. The second-order valence-electron chi connectivity index (χ2n) is 6.05. The molecule has 100 valence electrons. The molecule has 0 aromatic carbocycles. The lowest BCUT2D eigenvalue weighted by atomic mass is 9.93. The van der Waals surface area contributed by atoms with E-state index in [1.807, 2.05) is 0 Å². The molecule has 1 atom stereocenters. The van der Waals surface area contributed by atoms with Gasteiger partial charge in [-0.15, -0.1) is 0 Å². The molecule has 0 radical (unpaired) electrons. The van der Waals surface area contributed by atoms with Crippen LogP contribution in [-0.4, -0.2) is 55.6 Å². The third kappa shape index (κ3) is 3.21. The summed E-state index contributed by atoms with van der Waals surface area (Å²) in [7, 11) is 4.54. The van der Waals surface area contributed by atoms with Crippen molar-refractivity contribution < 1.29 is 0 Å². The standard InChI is InChI=1S/C14H29N3/c1-16-9-7-13(8-10-16)17(2)14(11-15)12-5-3-4-6-12/h12-14H,3-11,15H2,1-2H3. The number of hydrogen-bond donors (Lipinski definition) is 1. The van der Waals surface area contributed by atoms with E-state index in [1.54, 1.807) is 0 Å². The van der Waals surface area contributed by atoms with Crippen molar-refractivity contribution in [1.29, 1.82) is 0 Å². The molecular formula is C14H29N3. The van der Waals surface area contributed by atoms with Gasteiger partial charge in [-0.1, -0.05) is 12.8 Å². The summed E-state index contributed by atoms with van der Waals surface area (Å²) in [6.45, 7) is 3.33. The summed E-state index contributed by atoms with van der Waals surface area (Å²) in [6, 6.07) is 1.39. The van der Waals surface area contributed by atoms with E-state index in [-0.39, 0.29) is 0 Å². The highest BCUT2D eigenvalue weighted by Gasteiger charge is 2.31. The van der Waals surface area contributed by atoms with E-state index in [4.69, 9.17) is 5.73 Å². The highest BCUT2D eigenvalue weighted by molar-refractivity contribution is 4.87. The zero-order valence-electron chi connectivity index (χ0n) is 11.6. The van der Waals surface area contributed by atoms with E-state index in [0.29, 0.717) is 6.04 Å². The van der Waals surface area contributed by atoms with Gasteiger partial charge in [-0.2, -0.15) is 0 Å². The Morgan fingerprint density at radius 1 is 1.18 bits per heavy atom. The van der Waals surface area contributed by atoms with Gasteiger partial charge in [0.25, 0.3) is 0 Å². The molecule has 1 aliphatic heterocycles. The third-order valence-corrected chi connectivity index (χ3v) is 4.97. The fraction of sp³-hybridized carbons (Fsp3) is 1.00. The molecule has 0 aromatic rings. The van der Waals surface area contributed by atoms with Crippen LogP contribution in [0.15, 0.2) is 0 Å². The highest BCUT2D eigenvalue weighted by Crippen LogP contribution is 2.31. The number of hydrogen-bond acceptors (Lipinski definition) is 3. The molecule has 0 spiro atoms. The van der Waals surface area contributed by atoms with Crippen molar-refractivity contribution in [3.8, 4) is 0 Å². The van der Waals surface area contributed by atoms with Gasteiger partial charge in [-0.3, -0.25) is 4.90 Å². The minimum atomic E-state index is 0.630. The van der Waals surface area contributed by atoms with Gasteiger partial charge >= 0.3 is 0 Å². The average molecular weight is 239 g/mol. The Balaban J connectivity index is 1.89. The molecule has 2 N–H and O–H groups in total. The molecule has 1 unspecified atom stereocenters. The van der Waals surface area contributed by atoms with Crippen LogP contribution in [0.5, 0.6) is 0 Å². The van der Waals surface area contributed by atoms with Crippen LogP contribution in [0.3, 0.4) is 0 Å². The molecule has 3 heteroatoms. The number of likely N-dealkylation sites (N-methyl/N-ethyl adjacent to an activating group) is 1. The van der Waals surface area contributed by atoms with Crippen molar-refractivity contribution >= 4 is 0 Å². The summed E-state index contributed by atoms with van der Waals surface area (Å²) < 4.78 is 0. The van der Waals surface area contributed by atoms with Crippen molar-refractivity contribution in [2.24, 2.45) is 11.7 Å². The van der Waals surface area contributed by atoms with E-state index < -0.39 is 0 Å². The largest absolute Gasteiger partial charge is 0.329 e. The van der Waals surface area contributed by atoms with Crippen molar-refractivity contribution in [1.82, 2.24) is 9.80 Å². The van der Waals surface area contributed by atoms with E-state index in [2.05, 4.69) is 23.9 Å². The Bertz CT molecular complexity index is 218. The van der Waals surface area contributed by atoms with E-state index >= 15 is 0 Å². The first kappa shape index (κ1) is 13.3. The Hall–Kier alpha value is -0.120. The lowest BCUT2D eigenvalue weighted by Gasteiger charge is -2.41. The van der Waals surface area contributed by atoms with Crippen LogP contribution in [0.4, 0.5) is 0 Å². The Morgan fingerprint density at radius 2 is 1.76 bits per heavy atom. The summed E-state index contributed by atoms with van der Waals surface area (Å²) >= 11 is 0. The number of nitrogens with two attached hydrogens (primary N) is 1. The SMILES string of the molecule is CN1CCC(N(C)C(CN)C2CCCC2)CC1. The molecule has 1 saturated carbocycles. The number of nitrogens with zero attached hydrogens (tertiary/aromatic N) is 2. The van der Waals surface area contributed by atoms with Crippen LogP contribution in [0.25, 0.3) is 0 Å². The predicted molar refractivity (Wildman–Crippen MR) is 73.1 cm³/mol. The van der Waals surface area contributed by atoms with E-state index in [1.165, 1.54) is 51.6 Å². The zero-order valence-corrected chi connectivity index (χ0v) is 11.6. The summed E-state index contributed by atoms with van der Waals surface area (Å²) in [6.07, 6.45) is 8.27. The Labute approximate surface area is 106 Å². The first-order valence-electron chi connectivity index (χ1n) is 7.33. The maximum absolute atomic E-state index is 6.04. The molecule has 1 aliphatic carbocycles. The monoisotopic (exact) mass is 239 g/mol. The van der Waals surface area contributed by atoms with Crippen LogP contribution < -0.4 is 5.73 Å². The second-order valence-corrected chi connectivity index (χ2v) is 6.05. The normalized spacial score (nSPS) is 26.8. The molecule has 0 bridgehead atoms. The van der Waals surface area contributed by atoms with E-state index in [9.17, 15) is 0 Å². The van der Waals surface area contributed by atoms with Crippen LogP contribution in [0.1, 0.15) is 38.5 Å². The summed E-state index contributed by atoms with van der Waals surface area (Å²) in [5.74, 6) is 0.865. The van der Waals surface area contributed by atoms with Gasteiger partial charge in [-0.25, -0.2) is 0 Å². The van der Waals surface area contributed by atoms with Crippen LogP contribution in [-0.2, 0) is 0 Å². The number of piperidine rings is 1. The molecule has 0 amide bonds. The number of rotatable bonds is 4. The first-order chi connectivity index (χ1) is 8.22. The molecule has 2 aliphatic rings. The lowest BCUT2D eigenvalue weighted by molar-refractivity contribution is 0.0826. The first-order valence-corrected chi connectivity index (χ1v) is 7.33. The van der Waals surface area contributed by atoms with Gasteiger partial charge in [0.1, 0.15) is 0 Å². The minimum absolute atomic E-state index is 0.630. The molecule has 2 rings (SSSR count). The summed E-state index contributed by atoms with van der Waals surface area (Å²) in [5.41, 5.74) is 6.04. The molecule has 3 nitrogen and oxygen atoms in total. The lowest BCUT2D eigenvalue weighted by Crippen LogP contribution is -2.51. The van der Waals surface area contributed by atoms with Crippen molar-refractivity contribution in [3.05, 3.63) is 0 Å².